The monoisotopic (exact) mass is 277 g/mol. The van der Waals surface area contributed by atoms with Crippen LogP contribution in [0.25, 0.3) is 0 Å². The summed E-state index contributed by atoms with van der Waals surface area (Å²) >= 11 is 0. The van der Waals surface area contributed by atoms with E-state index in [9.17, 15) is 0 Å². The van der Waals surface area contributed by atoms with Crippen molar-refractivity contribution in [1.82, 2.24) is 0 Å². The van der Waals surface area contributed by atoms with E-state index >= 15 is 0 Å². The van der Waals surface area contributed by atoms with Crippen molar-refractivity contribution in [2.45, 2.75) is 51.4 Å². The van der Waals surface area contributed by atoms with Crippen molar-refractivity contribution in [2.24, 2.45) is 5.73 Å². The van der Waals surface area contributed by atoms with E-state index in [4.69, 9.17) is 15.2 Å². The van der Waals surface area contributed by atoms with Gasteiger partial charge in [-0.15, -0.1) is 0 Å². The standard InChI is InChI=1S/C17H27NO2/c1-12-10-14(16(20-4)15(19-3)13(12)2)17(11-18)8-6-5-7-9-17/h10H,5-9,11,18H2,1-4H3. The molecule has 1 aromatic carbocycles. The van der Waals surface area contributed by atoms with Crippen LogP contribution in [0.3, 0.4) is 0 Å². The van der Waals surface area contributed by atoms with E-state index in [-0.39, 0.29) is 5.41 Å². The van der Waals surface area contributed by atoms with Crippen LogP contribution >= 0.6 is 0 Å². The average Bonchev–Trinajstić information content (AvgIpc) is 2.49. The molecule has 3 nitrogen and oxygen atoms in total. The first-order chi connectivity index (χ1) is 9.59. The molecule has 0 amide bonds. The molecule has 0 aliphatic heterocycles. The topological polar surface area (TPSA) is 44.5 Å². The number of aryl methyl sites for hydroxylation is 1. The minimum atomic E-state index is 0.0509. The second-order valence-corrected chi connectivity index (χ2v) is 5.98. The van der Waals surface area contributed by atoms with Crippen molar-refractivity contribution in [3.05, 3.63) is 22.8 Å². The van der Waals surface area contributed by atoms with E-state index in [1.807, 2.05) is 0 Å². The molecule has 1 aromatic rings. The zero-order chi connectivity index (χ0) is 14.8. The molecule has 0 saturated heterocycles. The maximum absolute atomic E-state index is 6.18. The highest BCUT2D eigenvalue weighted by molar-refractivity contribution is 5.57. The first-order valence-electron chi connectivity index (χ1n) is 7.52. The number of methoxy groups -OCH3 is 2. The number of benzene rings is 1. The Morgan fingerprint density at radius 3 is 2.15 bits per heavy atom. The molecule has 1 aliphatic carbocycles. The molecular formula is C17H27NO2. The highest BCUT2D eigenvalue weighted by Gasteiger charge is 2.36. The van der Waals surface area contributed by atoms with E-state index in [0.717, 1.165) is 29.9 Å². The lowest BCUT2D eigenvalue weighted by Gasteiger charge is -2.38. The van der Waals surface area contributed by atoms with Crippen LogP contribution in [0.4, 0.5) is 0 Å². The summed E-state index contributed by atoms with van der Waals surface area (Å²) in [6, 6.07) is 2.26. The molecule has 1 aliphatic rings. The predicted molar refractivity (Wildman–Crippen MR) is 82.8 cm³/mol. The summed E-state index contributed by atoms with van der Waals surface area (Å²) < 4.78 is 11.3. The molecular weight excluding hydrogens is 250 g/mol. The van der Waals surface area contributed by atoms with Gasteiger partial charge in [-0.1, -0.05) is 25.3 Å². The number of hydrogen-bond acceptors (Lipinski definition) is 3. The Balaban J connectivity index is 2.62. The third kappa shape index (κ3) is 2.39. The molecule has 3 heteroatoms. The average molecular weight is 277 g/mol. The minimum Gasteiger partial charge on any atom is -0.493 e. The molecule has 0 spiro atoms. The van der Waals surface area contributed by atoms with Gasteiger partial charge < -0.3 is 15.2 Å². The SMILES string of the molecule is COc1c(C2(CN)CCCCC2)cc(C)c(C)c1OC. The Bertz CT molecular complexity index is 476. The van der Waals surface area contributed by atoms with Crippen molar-refractivity contribution >= 4 is 0 Å². The van der Waals surface area contributed by atoms with E-state index in [2.05, 4.69) is 19.9 Å². The molecule has 112 valence electrons. The smallest absolute Gasteiger partial charge is 0.164 e. The molecule has 20 heavy (non-hydrogen) atoms. The molecule has 0 unspecified atom stereocenters. The van der Waals surface area contributed by atoms with Crippen LogP contribution in [0.15, 0.2) is 6.07 Å². The van der Waals surface area contributed by atoms with Gasteiger partial charge in [0.15, 0.2) is 11.5 Å². The van der Waals surface area contributed by atoms with Crippen molar-refractivity contribution in [3.63, 3.8) is 0 Å². The highest BCUT2D eigenvalue weighted by atomic mass is 16.5. The van der Waals surface area contributed by atoms with Crippen molar-refractivity contribution in [3.8, 4) is 11.5 Å². The molecule has 1 saturated carbocycles. The van der Waals surface area contributed by atoms with Gasteiger partial charge in [-0.3, -0.25) is 0 Å². The summed E-state index contributed by atoms with van der Waals surface area (Å²) in [5.41, 5.74) is 9.86. The Morgan fingerprint density at radius 2 is 1.65 bits per heavy atom. The first-order valence-corrected chi connectivity index (χ1v) is 7.52. The van der Waals surface area contributed by atoms with Crippen LogP contribution in [-0.2, 0) is 5.41 Å². The molecule has 1 fully saturated rings. The summed E-state index contributed by atoms with van der Waals surface area (Å²) in [6.07, 6.45) is 6.09. The summed E-state index contributed by atoms with van der Waals surface area (Å²) in [6.45, 7) is 4.89. The summed E-state index contributed by atoms with van der Waals surface area (Å²) in [5.74, 6) is 1.74. The first kappa shape index (κ1) is 15.2. The van der Waals surface area contributed by atoms with Crippen LogP contribution in [0.2, 0.25) is 0 Å². The number of nitrogens with two attached hydrogens (primary N) is 1. The Labute approximate surface area is 122 Å². The molecule has 2 rings (SSSR count). The van der Waals surface area contributed by atoms with Crippen LogP contribution in [0.5, 0.6) is 11.5 Å². The lowest BCUT2D eigenvalue weighted by atomic mass is 9.68. The van der Waals surface area contributed by atoms with E-state index < -0.39 is 0 Å². The molecule has 0 aromatic heterocycles. The lowest BCUT2D eigenvalue weighted by molar-refractivity contribution is 0.280. The van der Waals surface area contributed by atoms with E-state index in [0.29, 0.717) is 6.54 Å². The second-order valence-electron chi connectivity index (χ2n) is 5.98. The normalized spacial score (nSPS) is 17.9. The maximum atomic E-state index is 6.18. The van der Waals surface area contributed by atoms with Crippen molar-refractivity contribution in [2.75, 3.05) is 20.8 Å². The molecule has 0 heterocycles. The van der Waals surface area contributed by atoms with Gasteiger partial charge in [0.2, 0.25) is 0 Å². The fourth-order valence-electron chi connectivity index (χ4n) is 3.52. The largest absolute Gasteiger partial charge is 0.493 e. The van der Waals surface area contributed by atoms with Gasteiger partial charge in [0, 0.05) is 17.5 Å². The quantitative estimate of drug-likeness (QED) is 0.916. The van der Waals surface area contributed by atoms with Crippen LogP contribution < -0.4 is 15.2 Å². The lowest BCUT2D eigenvalue weighted by Crippen LogP contribution is -2.37. The van der Waals surface area contributed by atoms with Gasteiger partial charge in [-0.05, 0) is 37.8 Å². The third-order valence-corrected chi connectivity index (χ3v) is 4.92. The van der Waals surface area contributed by atoms with Gasteiger partial charge in [0.25, 0.3) is 0 Å². The van der Waals surface area contributed by atoms with Crippen LogP contribution in [-0.4, -0.2) is 20.8 Å². The van der Waals surface area contributed by atoms with Crippen LogP contribution in [0, 0.1) is 13.8 Å². The third-order valence-electron chi connectivity index (χ3n) is 4.92. The van der Waals surface area contributed by atoms with Crippen molar-refractivity contribution in [1.29, 1.82) is 0 Å². The van der Waals surface area contributed by atoms with Gasteiger partial charge in [-0.25, -0.2) is 0 Å². The van der Waals surface area contributed by atoms with Gasteiger partial charge in [-0.2, -0.15) is 0 Å². The number of rotatable bonds is 4. The van der Waals surface area contributed by atoms with Gasteiger partial charge in [0.05, 0.1) is 14.2 Å². The van der Waals surface area contributed by atoms with E-state index in [1.165, 1.54) is 30.4 Å². The van der Waals surface area contributed by atoms with Crippen LogP contribution in [0.1, 0.15) is 48.8 Å². The maximum Gasteiger partial charge on any atom is 0.164 e. The second kappa shape index (κ2) is 6.04. The summed E-state index contributed by atoms with van der Waals surface area (Å²) in [4.78, 5) is 0. The van der Waals surface area contributed by atoms with E-state index in [1.54, 1.807) is 14.2 Å². The zero-order valence-corrected chi connectivity index (χ0v) is 13.2. The molecule has 0 radical (unpaired) electrons. The Hall–Kier alpha value is -1.22. The van der Waals surface area contributed by atoms with Gasteiger partial charge >= 0.3 is 0 Å². The van der Waals surface area contributed by atoms with Gasteiger partial charge in [0.1, 0.15) is 0 Å². The summed E-state index contributed by atoms with van der Waals surface area (Å²) in [5, 5.41) is 0. The fraction of sp³-hybridized carbons (Fsp3) is 0.647. The molecule has 2 N–H and O–H groups in total. The minimum absolute atomic E-state index is 0.0509. The highest BCUT2D eigenvalue weighted by Crippen LogP contribution is 2.47. The van der Waals surface area contributed by atoms with Crippen molar-refractivity contribution < 1.29 is 9.47 Å². The molecule has 0 atom stereocenters. The predicted octanol–water partition coefficient (Wildman–Crippen LogP) is 3.48. The number of ether oxygens (including phenoxy) is 2. The Kier molecular flexibility index (Phi) is 4.59. The molecule has 0 bridgehead atoms. The summed E-state index contributed by atoms with van der Waals surface area (Å²) in [7, 11) is 3.44. The Morgan fingerprint density at radius 1 is 1.05 bits per heavy atom. The zero-order valence-electron chi connectivity index (χ0n) is 13.2. The fourth-order valence-corrected chi connectivity index (χ4v) is 3.52. The number of hydrogen-bond donors (Lipinski definition) is 1.